The monoisotopic (exact) mass is 287 g/mol. The SMILES string of the molecule is O=C(Nc1cc(F)ccc1Br)C1CCCO1. The summed E-state index contributed by atoms with van der Waals surface area (Å²) in [5, 5.41) is 2.64. The second-order valence-electron chi connectivity index (χ2n) is 3.62. The van der Waals surface area contributed by atoms with E-state index in [0.717, 1.165) is 12.8 Å². The number of hydrogen-bond donors (Lipinski definition) is 1. The van der Waals surface area contributed by atoms with Crippen molar-refractivity contribution in [1.29, 1.82) is 0 Å². The van der Waals surface area contributed by atoms with Gasteiger partial charge < -0.3 is 10.1 Å². The topological polar surface area (TPSA) is 38.3 Å². The lowest BCUT2D eigenvalue weighted by Gasteiger charge is -2.11. The molecule has 3 nitrogen and oxygen atoms in total. The van der Waals surface area contributed by atoms with E-state index >= 15 is 0 Å². The number of benzene rings is 1. The molecule has 1 N–H and O–H groups in total. The molecule has 1 aromatic carbocycles. The molecule has 0 aromatic heterocycles. The van der Waals surface area contributed by atoms with Gasteiger partial charge in [0.15, 0.2) is 0 Å². The van der Waals surface area contributed by atoms with Gasteiger partial charge in [0.05, 0.1) is 5.69 Å². The summed E-state index contributed by atoms with van der Waals surface area (Å²) in [5.41, 5.74) is 0.431. The molecular formula is C11H11BrFNO2. The smallest absolute Gasteiger partial charge is 0.253 e. The number of nitrogens with one attached hydrogen (secondary N) is 1. The van der Waals surface area contributed by atoms with Gasteiger partial charge in [-0.3, -0.25) is 4.79 Å². The van der Waals surface area contributed by atoms with Crippen LogP contribution in [-0.4, -0.2) is 18.6 Å². The van der Waals surface area contributed by atoms with Crippen molar-refractivity contribution >= 4 is 27.5 Å². The molecule has 1 aromatic rings. The van der Waals surface area contributed by atoms with Crippen LogP contribution in [-0.2, 0) is 9.53 Å². The molecule has 16 heavy (non-hydrogen) atoms. The summed E-state index contributed by atoms with van der Waals surface area (Å²) >= 11 is 3.25. The second kappa shape index (κ2) is 4.93. The Morgan fingerprint density at radius 1 is 1.56 bits per heavy atom. The highest BCUT2D eigenvalue weighted by molar-refractivity contribution is 9.10. The fourth-order valence-electron chi connectivity index (χ4n) is 1.59. The van der Waals surface area contributed by atoms with Gasteiger partial charge in [-0.1, -0.05) is 0 Å². The predicted molar refractivity (Wildman–Crippen MR) is 61.7 cm³/mol. The van der Waals surface area contributed by atoms with Crippen LogP contribution >= 0.6 is 15.9 Å². The molecule has 1 saturated heterocycles. The van der Waals surface area contributed by atoms with Crippen molar-refractivity contribution in [2.75, 3.05) is 11.9 Å². The van der Waals surface area contributed by atoms with Gasteiger partial charge in [-0.2, -0.15) is 0 Å². The average Bonchev–Trinajstić information content (AvgIpc) is 2.76. The summed E-state index contributed by atoms with van der Waals surface area (Å²) in [6.07, 6.45) is 1.21. The van der Waals surface area contributed by atoms with Crippen molar-refractivity contribution < 1.29 is 13.9 Å². The first-order valence-corrected chi connectivity index (χ1v) is 5.83. The lowest BCUT2D eigenvalue weighted by molar-refractivity contribution is -0.124. The summed E-state index contributed by atoms with van der Waals surface area (Å²) in [7, 11) is 0. The normalized spacial score (nSPS) is 19.8. The minimum absolute atomic E-state index is 0.219. The third-order valence-electron chi connectivity index (χ3n) is 2.41. The summed E-state index contributed by atoms with van der Waals surface area (Å²) in [5.74, 6) is -0.602. The van der Waals surface area contributed by atoms with Crippen LogP contribution in [0.4, 0.5) is 10.1 Å². The van der Waals surface area contributed by atoms with Crippen molar-refractivity contribution in [3.8, 4) is 0 Å². The van der Waals surface area contributed by atoms with E-state index in [-0.39, 0.29) is 11.7 Å². The summed E-state index contributed by atoms with van der Waals surface area (Å²) in [4.78, 5) is 11.7. The summed E-state index contributed by atoms with van der Waals surface area (Å²) in [6.45, 7) is 0.613. The minimum atomic E-state index is -0.407. The van der Waals surface area contributed by atoms with Gasteiger partial charge in [-0.15, -0.1) is 0 Å². The number of halogens is 2. The van der Waals surface area contributed by atoms with Gasteiger partial charge in [0.1, 0.15) is 11.9 Å². The molecular weight excluding hydrogens is 277 g/mol. The molecule has 1 fully saturated rings. The number of amides is 1. The molecule has 0 spiro atoms. The van der Waals surface area contributed by atoms with E-state index in [9.17, 15) is 9.18 Å². The van der Waals surface area contributed by atoms with Crippen LogP contribution in [0.5, 0.6) is 0 Å². The Morgan fingerprint density at radius 2 is 2.38 bits per heavy atom. The van der Waals surface area contributed by atoms with Gasteiger partial charge >= 0.3 is 0 Å². The van der Waals surface area contributed by atoms with E-state index in [1.807, 2.05) is 0 Å². The van der Waals surface area contributed by atoms with Gasteiger partial charge in [-0.25, -0.2) is 4.39 Å². The van der Waals surface area contributed by atoms with Crippen molar-refractivity contribution in [3.63, 3.8) is 0 Å². The molecule has 0 saturated carbocycles. The second-order valence-corrected chi connectivity index (χ2v) is 4.47. The number of carbonyl (C=O) groups is 1. The molecule has 0 bridgehead atoms. The van der Waals surface area contributed by atoms with Crippen LogP contribution in [0.1, 0.15) is 12.8 Å². The van der Waals surface area contributed by atoms with Crippen LogP contribution < -0.4 is 5.32 Å². The highest BCUT2D eigenvalue weighted by Crippen LogP contribution is 2.24. The van der Waals surface area contributed by atoms with E-state index in [2.05, 4.69) is 21.2 Å². The number of ether oxygens (including phenoxy) is 1. The molecule has 1 atom stereocenters. The molecule has 0 aliphatic carbocycles. The van der Waals surface area contributed by atoms with E-state index in [0.29, 0.717) is 16.8 Å². The number of anilines is 1. The van der Waals surface area contributed by atoms with Crippen LogP contribution in [0, 0.1) is 5.82 Å². The molecule has 2 rings (SSSR count). The number of hydrogen-bond acceptors (Lipinski definition) is 2. The maximum atomic E-state index is 13.0. The Bertz CT molecular complexity index is 405. The van der Waals surface area contributed by atoms with Gasteiger partial charge in [-0.05, 0) is 47.0 Å². The molecule has 1 aliphatic rings. The van der Waals surface area contributed by atoms with Crippen molar-refractivity contribution in [3.05, 3.63) is 28.5 Å². The average molecular weight is 288 g/mol. The fraction of sp³-hybridized carbons (Fsp3) is 0.364. The fourth-order valence-corrected chi connectivity index (χ4v) is 1.94. The van der Waals surface area contributed by atoms with E-state index < -0.39 is 6.10 Å². The molecule has 1 unspecified atom stereocenters. The molecule has 1 heterocycles. The molecule has 1 aliphatic heterocycles. The predicted octanol–water partition coefficient (Wildman–Crippen LogP) is 2.71. The maximum absolute atomic E-state index is 13.0. The number of carbonyl (C=O) groups excluding carboxylic acids is 1. The highest BCUT2D eigenvalue weighted by atomic mass is 79.9. The Kier molecular flexibility index (Phi) is 3.56. The lowest BCUT2D eigenvalue weighted by atomic mass is 10.2. The zero-order chi connectivity index (χ0) is 11.5. The van der Waals surface area contributed by atoms with Crippen LogP contribution in [0.3, 0.4) is 0 Å². The zero-order valence-corrected chi connectivity index (χ0v) is 10.1. The van der Waals surface area contributed by atoms with Gasteiger partial charge in [0.2, 0.25) is 0 Å². The van der Waals surface area contributed by atoms with Crippen LogP contribution in [0.15, 0.2) is 22.7 Å². The zero-order valence-electron chi connectivity index (χ0n) is 8.50. The summed E-state index contributed by atoms with van der Waals surface area (Å²) in [6, 6.07) is 4.16. The lowest BCUT2D eigenvalue weighted by Crippen LogP contribution is -2.27. The Morgan fingerprint density at radius 3 is 3.06 bits per heavy atom. The van der Waals surface area contributed by atoms with Crippen molar-refractivity contribution in [2.45, 2.75) is 18.9 Å². The van der Waals surface area contributed by atoms with Crippen molar-refractivity contribution in [1.82, 2.24) is 0 Å². The quantitative estimate of drug-likeness (QED) is 0.908. The maximum Gasteiger partial charge on any atom is 0.253 e. The van der Waals surface area contributed by atoms with E-state index in [4.69, 9.17) is 4.74 Å². The van der Waals surface area contributed by atoms with Gasteiger partial charge in [0, 0.05) is 11.1 Å². The largest absolute Gasteiger partial charge is 0.368 e. The molecule has 1 amide bonds. The molecule has 86 valence electrons. The Hall–Kier alpha value is -0.940. The van der Waals surface area contributed by atoms with E-state index in [1.165, 1.54) is 12.1 Å². The number of rotatable bonds is 2. The first kappa shape index (κ1) is 11.5. The first-order valence-electron chi connectivity index (χ1n) is 5.04. The van der Waals surface area contributed by atoms with Crippen molar-refractivity contribution in [2.24, 2.45) is 0 Å². The molecule has 5 heteroatoms. The van der Waals surface area contributed by atoms with E-state index in [1.54, 1.807) is 6.07 Å². The Labute approximate surface area is 101 Å². The molecule has 0 radical (unpaired) electrons. The summed E-state index contributed by atoms with van der Waals surface area (Å²) < 4.78 is 18.9. The van der Waals surface area contributed by atoms with Gasteiger partial charge in [0.25, 0.3) is 5.91 Å². The van der Waals surface area contributed by atoms with Crippen LogP contribution in [0.2, 0.25) is 0 Å². The minimum Gasteiger partial charge on any atom is -0.368 e. The Balaban J connectivity index is 2.07. The third-order valence-corrected chi connectivity index (χ3v) is 3.10. The highest BCUT2D eigenvalue weighted by Gasteiger charge is 2.23. The third kappa shape index (κ3) is 2.59. The van der Waals surface area contributed by atoms with Crippen LogP contribution in [0.25, 0.3) is 0 Å². The first-order chi connectivity index (χ1) is 7.66. The standard InChI is InChI=1S/C11H11BrFNO2/c12-8-4-3-7(13)6-9(8)14-11(15)10-2-1-5-16-10/h3-4,6,10H,1-2,5H2,(H,14,15).